The Morgan fingerprint density at radius 2 is 2.47 bits per heavy atom. The number of carbonyl (C=O) groups is 2. The van der Waals surface area contributed by atoms with E-state index in [2.05, 4.69) is 0 Å². The van der Waals surface area contributed by atoms with E-state index in [1.807, 2.05) is 5.38 Å². The highest BCUT2D eigenvalue weighted by Gasteiger charge is 2.34. The van der Waals surface area contributed by atoms with Gasteiger partial charge in [-0.15, -0.1) is 11.3 Å². The van der Waals surface area contributed by atoms with Crippen molar-refractivity contribution in [2.24, 2.45) is 5.92 Å². The highest BCUT2D eigenvalue weighted by molar-refractivity contribution is 7.10. The lowest BCUT2D eigenvalue weighted by Crippen LogP contribution is -2.30. The fourth-order valence-corrected chi connectivity index (χ4v) is 2.72. The Morgan fingerprint density at radius 3 is 3.20 bits per heavy atom. The number of ketones is 1. The normalized spacial score (nSPS) is 19.8. The van der Waals surface area contributed by atoms with Crippen molar-refractivity contribution >= 4 is 23.1 Å². The van der Waals surface area contributed by atoms with Crippen molar-refractivity contribution in [3.8, 4) is 0 Å². The van der Waals surface area contributed by atoms with Gasteiger partial charge in [0.1, 0.15) is 5.92 Å². The van der Waals surface area contributed by atoms with E-state index in [0.29, 0.717) is 18.6 Å². The van der Waals surface area contributed by atoms with E-state index in [9.17, 15) is 9.59 Å². The average molecular weight is 224 g/mol. The van der Waals surface area contributed by atoms with Gasteiger partial charge in [0.2, 0.25) is 0 Å². The second kappa shape index (κ2) is 4.14. The molecule has 0 saturated heterocycles. The summed E-state index contributed by atoms with van der Waals surface area (Å²) >= 11 is 1.58. The van der Waals surface area contributed by atoms with Gasteiger partial charge in [-0.3, -0.25) is 9.59 Å². The van der Waals surface area contributed by atoms with Crippen LogP contribution in [0.1, 0.15) is 28.6 Å². The van der Waals surface area contributed by atoms with Crippen LogP contribution in [0.25, 0.3) is 0 Å². The Labute approximate surface area is 92.1 Å². The fourth-order valence-electron chi connectivity index (χ4n) is 1.82. The number of thiophene rings is 1. The van der Waals surface area contributed by atoms with E-state index in [0.717, 1.165) is 11.3 Å². The second-order valence-electron chi connectivity index (χ2n) is 3.47. The fraction of sp³-hybridized carbons (Fsp3) is 0.455. The lowest BCUT2D eigenvalue weighted by Gasteiger charge is -2.18. The summed E-state index contributed by atoms with van der Waals surface area (Å²) in [6.45, 7) is 2.08. The molecule has 0 bridgehead atoms. The summed E-state index contributed by atoms with van der Waals surface area (Å²) in [5.74, 6) is -1.03. The second-order valence-corrected chi connectivity index (χ2v) is 4.47. The smallest absolute Gasteiger partial charge is 0.316 e. The molecule has 0 unspecified atom stereocenters. The van der Waals surface area contributed by atoms with Crippen LogP contribution in [-0.2, 0) is 16.0 Å². The van der Waals surface area contributed by atoms with Crippen molar-refractivity contribution in [2.75, 3.05) is 6.61 Å². The molecule has 0 amide bonds. The van der Waals surface area contributed by atoms with Crippen molar-refractivity contribution in [1.82, 2.24) is 0 Å². The number of ether oxygens (including phenoxy) is 1. The van der Waals surface area contributed by atoms with Crippen LogP contribution in [0.2, 0.25) is 0 Å². The van der Waals surface area contributed by atoms with Gasteiger partial charge >= 0.3 is 5.97 Å². The van der Waals surface area contributed by atoms with Crippen molar-refractivity contribution in [3.63, 3.8) is 0 Å². The molecule has 1 aliphatic rings. The standard InChI is InChI=1S/C11H12O3S/c1-2-14-11(13)8-3-4-9-7(10(8)12)5-6-15-9/h5-6,8H,2-4H2,1H3/t8-/m0/s1. The number of aryl methyl sites for hydroxylation is 1. The quantitative estimate of drug-likeness (QED) is 0.570. The monoisotopic (exact) mass is 224 g/mol. The third-order valence-electron chi connectivity index (χ3n) is 2.56. The Bertz CT molecular complexity index is 394. The minimum atomic E-state index is -0.577. The molecule has 0 saturated carbocycles. The molecule has 0 aromatic carbocycles. The van der Waals surface area contributed by atoms with Crippen LogP contribution in [0.3, 0.4) is 0 Å². The summed E-state index contributed by atoms with van der Waals surface area (Å²) in [5, 5.41) is 1.90. The first-order valence-corrected chi connectivity index (χ1v) is 5.89. The van der Waals surface area contributed by atoms with Gasteiger partial charge in [-0.2, -0.15) is 0 Å². The molecular formula is C11H12O3S. The SMILES string of the molecule is CCOC(=O)[C@H]1CCc2sccc2C1=O. The zero-order valence-electron chi connectivity index (χ0n) is 8.49. The van der Waals surface area contributed by atoms with Gasteiger partial charge in [-0.1, -0.05) is 0 Å². The summed E-state index contributed by atoms with van der Waals surface area (Å²) < 4.78 is 4.89. The van der Waals surface area contributed by atoms with Crippen molar-refractivity contribution < 1.29 is 14.3 Å². The molecule has 1 aromatic heterocycles. The minimum Gasteiger partial charge on any atom is -0.465 e. The topological polar surface area (TPSA) is 43.4 Å². The molecular weight excluding hydrogens is 212 g/mol. The van der Waals surface area contributed by atoms with Crippen LogP contribution in [0, 0.1) is 5.92 Å². The lowest BCUT2D eigenvalue weighted by molar-refractivity contribution is -0.146. The predicted molar refractivity (Wildman–Crippen MR) is 57.1 cm³/mol. The van der Waals surface area contributed by atoms with Crippen molar-refractivity contribution in [3.05, 3.63) is 21.9 Å². The van der Waals surface area contributed by atoms with E-state index in [-0.39, 0.29) is 11.8 Å². The summed E-state index contributed by atoms with van der Waals surface area (Å²) in [6.07, 6.45) is 1.40. The number of Topliss-reactive ketones (excluding diaryl/α,β-unsaturated/α-hetero) is 1. The first-order valence-electron chi connectivity index (χ1n) is 5.01. The van der Waals surface area contributed by atoms with E-state index < -0.39 is 5.92 Å². The van der Waals surface area contributed by atoms with E-state index in [1.165, 1.54) is 0 Å². The number of hydrogen-bond acceptors (Lipinski definition) is 4. The van der Waals surface area contributed by atoms with Gasteiger partial charge in [0, 0.05) is 10.4 Å². The van der Waals surface area contributed by atoms with Crippen LogP contribution in [-0.4, -0.2) is 18.4 Å². The first kappa shape index (κ1) is 10.4. The van der Waals surface area contributed by atoms with Gasteiger partial charge in [0.25, 0.3) is 0 Å². The molecule has 80 valence electrons. The largest absolute Gasteiger partial charge is 0.465 e. The molecule has 0 spiro atoms. The van der Waals surface area contributed by atoms with Crippen LogP contribution >= 0.6 is 11.3 Å². The molecule has 0 N–H and O–H groups in total. The lowest BCUT2D eigenvalue weighted by atomic mass is 9.87. The van der Waals surface area contributed by atoms with Crippen LogP contribution < -0.4 is 0 Å². The third-order valence-corrected chi connectivity index (χ3v) is 3.54. The minimum absolute atomic E-state index is 0.0732. The van der Waals surface area contributed by atoms with Gasteiger partial charge in [0.05, 0.1) is 6.61 Å². The molecule has 0 radical (unpaired) electrons. The van der Waals surface area contributed by atoms with Crippen LogP contribution in [0.15, 0.2) is 11.4 Å². The number of rotatable bonds is 2. The maximum atomic E-state index is 11.9. The van der Waals surface area contributed by atoms with Crippen molar-refractivity contribution in [2.45, 2.75) is 19.8 Å². The third kappa shape index (κ3) is 1.81. The molecule has 0 fully saturated rings. The first-order chi connectivity index (χ1) is 7.24. The number of carbonyl (C=O) groups excluding carboxylic acids is 2. The van der Waals surface area contributed by atoms with Gasteiger partial charge in [0.15, 0.2) is 5.78 Å². The molecule has 1 aromatic rings. The average Bonchev–Trinajstić information content (AvgIpc) is 2.67. The van der Waals surface area contributed by atoms with Gasteiger partial charge in [-0.05, 0) is 31.2 Å². The molecule has 1 aliphatic carbocycles. The van der Waals surface area contributed by atoms with E-state index in [4.69, 9.17) is 4.74 Å². The van der Waals surface area contributed by atoms with E-state index in [1.54, 1.807) is 24.3 Å². The molecule has 3 nitrogen and oxygen atoms in total. The molecule has 0 aliphatic heterocycles. The van der Waals surface area contributed by atoms with Crippen LogP contribution in [0.4, 0.5) is 0 Å². The Balaban J connectivity index is 2.20. The molecule has 2 rings (SSSR count). The summed E-state index contributed by atoms with van der Waals surface area (Å²) in [6, 6.07) is 1.80. The zero-order valence-corrected chi connectivity index (χ0v) is 9.30. The highest BCUT2D eigenvalue weighted by atomic mass is 32.1. The van der Waals surface area contributed by atoms with Gasteiger partial charge in [-0.25, -0.2) is 0 Å². The maximum absolute atomic E-state index is 11.9. The Morgan fingerprint density at radius 1 is 1.67 bits per heavy atom. The predicted octanol–water partition coefficient (Wildman–Crippen LogP) is 2.06. The van der Waals surface area contributed by atoms with E-state index >= 15 is 0 Å². The zero-order chi connectivity index (χ0) is 10.8. The number of hydrogen-bond donors (Lipinski definition) is 0. The van der Waals surface area contributed by atoms with Gasteiger partial charge < -0.3 is 4.74 Å². The summed E-state index contributed by atoms with van der Waals surface area (Å²) in [7, 11) is 0. The number of fused-ring (bicyclic) bond motifs is 1. The Kier molecular flexibility index (Phi) is 2.86. The molecule has 4 heteroatoms. The molecule has 1 atom stereocenters. The summed E-state index contributed by atoms with van der Waals surface area (Å²) in [4.78, 5) is 24.5. The van der Waals surface area contributed by atoms with Crippen LogP contribution in [0.5, 0.6) is 0 Å². The maximum Gasteiger partial charge on any atom is 0.316 e. The van der Waals surface area contributed by atoms with Crippen molar-refractivity contribution in [1.29, 1.82) is 0 Å². The Hall–Kier alpha value is -1.16. The molecule has 15 heavy (non-hydrogen) atoms. The summed E-state index contributed by atoms with van der Waals surface area (Å²) in [5.41, 5.74) is 0.712. The highest BCUT2D eigenvalue weighted by Crippen LogP contribution is 2.30. The molecule has 1 heterocycles. The number of esters is 1.